The zero-order valence-corrected chi connectivity index (χ0v) is 11.4. The van der Waals surface area contributed by atoms with Crippen LogP contribution in [0.15, 0.2) is 24.3 Å². The first-order valence-electron chi connectivity index (χ1n) is 5.62. The fourth-order valence-corrected chi connectivity index (χ4v) is 2.37. The summed E-state index contributed by atoms with van der Waals surface area (Å²) in [6.45, 7) is 1.93. The van der Waals surface area contributed by atoms with E-state index < -0.39 is 0 Å². The Hall–Kier alpha value is -1.55. The molecular formula is C13H15ClFN3. The molecule has 0 bridgehead atoms. The van der Waals surface area contributed by atoms with Crippen LogP contribution in [-0.2, 0) is 12.9 Å². The minimum atomic E-state index is -0.245. The van der Waals surface area contributed by atoms with Gasteiger partial charge in [0.25, 0.3) is 0 Å². The second-order valence-electron chi connectivity index (χ2n) is 4.18. The molecule has 0 spiro atoms. The topological polar surface area (TPSA) is 21.1 Å². The average Bonchev–Trinajstić information content (AvgIpc) is 2.63. The Labute approximate surface area is 111 Å². The Morgan fingerprint density at radius 3 is 2.50 bits per heavy atom. The number of aromatic nitrogens is 2. The summed E-state index contributed by atoms with van der Waals surface area (Å²) in [5, 5.41) is 4.36. The predicted molar refractivity (Wildman–Crippen MR) is 72.0 cm³/mol. The number of aryl methyl sites for hydroxylation is 2. The van der Waals surface area contributed by atoms with Crippen LogP contribution in [0, 0.1) is 12.7 Å². The second-order valence-corrected chi connectivity index (χ2v) is 4.45. The zero-order chi connectivity index (χ0) is 13.3. The molecule has 0 fully saturated rings. The van der Waals surface area contributed by atoms with Crippen LogP contribution in [0.3, 0.4) is 0 Å². The largest absolute Gasteiger partial charge is 0.329 e. The maximum Gasteiger partial charge on any atom is 0.135 e. The van der Waals surface area contributed by atoms with Gasteiger partial charge >= 0.3 is 0 Å². The summed E-state index contributed by atoms with van der Waals surface area (Å²) in [6, 6.07) is 6.34. The Morgan fingerprint density at radius 1 is 1.33 bits per heavy atom. The van der Waals surface area contributed by atoms with E-state index in [0.717, 1.165) is 22.8 Å². The third-order valence-electron chi connectivity index (χ3n) is 2.98. The number of rotatable bonds is 3. The smallest absolute Gasteiger partial charge is 0.135 e. The minimum absolute atomic E-state index is 0.245. The lowest BCUT2D eigenvalue weighted by Crippen LogP contribution is -2.15. The lowest BCUT2D eigenvalue weighted by Gasteiger charge is -2.20. The van der Waals surface area contributed by atoms with Crippen LogP contribution >= 0.6 is 11.6 Å². The fourth-order valence-electron chi connectivity index (χ4n) is 2.05. The van der Waals surface area contributed by atoms with Crippen molar-refractivity contribution in [1.29, 1.82) is 0 Å². The Morgan fingerprint density at radius 2 is 1.94 bits per heavy atom. The average molecular weight is 268 g/mol. The van der Waals surface area contributed by atoms with Crippen LogP contribution in [0.1, 0.15) is 11.3 Å². The molecule has 18 heavy (non-hydrogen) atoms. The number of hydrogen-bond acceptors (Lipinski definition) is 2. The zero-order valence-electron chi connectivity index (χ0n) is 10.6. The number of hydrogen-bond donors (Lipinski definition) is 0. The lowest BCUT2D eigenvalue weighted by atomic mass is 10.2. The quantitative estimate of drug-likeness (QED) is 0.795. The molecule has 2 rings (SSSR count). The van der Waals surface area contributed by atoms with Crippen LogP contribution in [-0.4, -0.2) is 16.8 Å². The van der Waals surface area contributed by atoms with Crippen LogP contribution in [0.2, 0.25) is 0 Å². The van der Waals surface area contributed by atoms with Gasteiger partial charge in [0.05, 0.1) is 11.6 Å². The second kappa shape index (κ2) is 4.98. The third kappa shape index (κ3) is 2.20. The first kappa shape index (κ1) is 12.9. The highest BCUT2D eigenvalue weighted by atomic mass is 35.5. The van der Waals surface area contributed by atoms with Crippen molar-refractivity contribution in [2.45, 2.75) is 12.8 Å². The van der Waals surface area contributed by atoms with Crippen molar-refractivity contribution in [3.05, 3.63) is 41.3 Å². The molecule has 0 saturated heterocycles. The Bertz CT molecular complexity index is 548. The monoisotopic (exact) mass is 267 g/mol. The van der Waals surface area contributed by atoms with Gasteiger partial charge in [-0.3, -0.25) is 4.68 Å². The molecule has 96 valence electrons. The van der Waals surface area contributed by atoms with Crippen LogP contribution < -0.4 is 4.90 Å². The molecule has 2 aromatic rings. The Kier molecular flexibility index (Phi) is 3.57. The molecule has 1 heterocycles. The highest BCUT2D eigenvalue weighted by molar-refractivity contribution is 6.17. The van der Waals surface area contributed by atoms with Gasteiger partial charge in [0, 0.05) is 25.3 Å². The van der Waals surface area contributed by atoms with Gasteiger partial charge < -0.3 is 4.90 Å². The van der Waals surface area contributed by atoms with E-state index in [1.165, 1.54) is 12.1 Å². The van der Waals surface area contributed by atoms with Crippen molar-refractivity contribution < 1.29 is 4.39 Å². The molecule has 0 aliphatic rings. The number of benzene rings is 1. The fraction of sp³-hybridized carbons (Fsp3) is 0.308. The van der Waals surface area contributed by atoms with Gasteiger partial charge in [-0.25, -0.2) is 4.39 Å². The molecule has 0 radical (unpaired) electrons. The molecule has 0 N–H and O–H groups in total. The molecule has 0 unspecified atom stereocenters. The van der Waals surface area contributed by atoms with Gasteiger partial charge in [0.2, 0.25) is 0 Å². The highest BCUT2D eigenvalue weighted by Crippen LogP contribution is 2.29. The van der Waals surface area contributed by atoms with Gasteiger partial charge in [-0.05, 0) is 31.2 Å². The van der Waals surface area contributed by atoms with Crippen LogP contribution in [0.5, 0.6) is 0 Å². The standard InChI is InChI=1S/C13H15ClFN3/c1-9-12(8-14)13(18(3)16-9)17(2)11-6-4-10(15)5-7-11/h4-7H,8H2,1-3H3. The van der Waals surface area contributed by atoms with E-state index in [1.807, 2.05) is 25.9 Å². The number of anilines is 2. The summed E-state index contributed by atoms with van der Waals surface area (Å²) in [6.07, 6.45) is 0. The molecule has 0 amide bonds. The maximum absolute atomic E-state index is 12.9. The maximum atomic E-state index is 12.9. The number of alkyl halides is 1. The molecule has 1 aromatic carbocycles. The first-order chi connectivity index (χ1) is 8.54. The molecule has 0 atom stereocenters. The van der Waals surface area contributed by atoms with Crippen molar-refractivity contribution in [3.63, 3.8) is 0 Å². The lowest BCUT2D eigenvalue weighted by molar-refractivity contribution is 0.628. The summed E-state index contributed by atoms with van der Waals surface area (Å²) in [5.41, 5.74) is 2.80. The van der Waals surface area contributed by atoms with Crippen molar-refractivity contribution in [2.75, 3.05) is 11.9 Å². The van der Waals surface area contributed by atoms with Crippen molar-refractivity contribution in [1.82, 2.24) is 9.78 Å². The van der Waals surface area contributed by atoms with E-state index >= 15 is 0 Å². The molecular weight excluding hydrogens is 253 g/mol. The van der Waals surface area contributed by atoms with E-state index in [-0.39, 0.29) is 5.82 Å². The molecule has 3 nitrogen and oxygen atoms in total. The van der Waals surface area contributed by atoms with E-state index in [4.69, 9.17) is 11.6 Å². The van der Waals surface area contributed by atoms with Crippen LogP contribution in [0.4, 0.5) is 15.9 Å². The first-order valence-corrected chi connectivity index (χ1v) is 6.15. The molecule has 0 aliphatic carbocycles. The van der Waals surface area contributed by atoms with Crippen molar-refractivity contribution in [2.24, 2.45) is 7.05 Å². The van der Waals surface area contributed by atoms with Gasteiger partial charge in [0.15, 0.2) is 0 Å². The van der Waals surface area contributed by atoms with Gasteiger partial charge in [0.1, 0.15) is 11.6 Å². The summed E-state index contributed by atoms with van der Waals surface area (Å²) in [7, 11) is 3.79. The molecule has 0 aliphatic heterocycles. The summed E-state index contributed by atoms with van der Waals surface area (Å²) < 4.78 is 14.7. The van der Waals surface area contributed by atoms with E-state index in [2.05, 4.69) is 5.10 Å². The summed E-state index contributed by atoms with van der Waals surface area (Å²) in [4.78, 5) is 1.96. The number of nitrogens with zero attached hydrogens (tertiary/aromatic N) is 3. The predicted octanol–water partition coefficient (Wildman–Crippen LogP) is 3.37. The third-order valence-corrected chi connectivity index (χ3v) is 3.25. The van der Waals surface area contributed by atoms with Gasteiger partial charge in [-0.1, -0.05) is 0 Å². The van der Waals surface area contributed by atoms with E-state index in [9.17, 15) is 4.39 Å². The SMILES string of the molecule is Cc1nn(C)c(N(C)c2ccc(F)cc2)c1CCl. The normalized spacial score (nSPS) is 10.7. The minimum Gasteiger partial charge on any atom is -0.329 e. The number of halogens is 2. The van der Waals surface area contributed by atoms with Gasteiger partial charge in [-0.2, -0.15) is 5.10 Å². The van der Waals surface area contributed by atoms with Crippen LogP contribution in [0.25, 0.3) is 0 Å². The highest BCUT2D eigenvalue weighted by Gasteiger charge is 2.17. The van der Waals surface area contributed by atoms with E-state index in [1.54, 1.807) is 16.8 Å². The van der Waals surface area contributed by atoms with Gasteiger partial charge in [-0.15, -0.1) is 11.6 Å². The molecule has 1 aromatic heterocycles. The summed E-state index contributed by atoms with van der Waals surface area (Å²) >= 11 is 5.97. The van der Waals surface area contributed by atoms with E-state index in [0.29, 0.717) is 5.88 Å². The molecule has 0 saturated carbocycles. The Balaban J connectivity index is 2.45. The summed E-state index contributed by atoms with van der Waals surface area (Å²) in [5.74, 6) is 1.08. The van der Waals surface area contributed by atoms with Crippen molar-refractivity contribution in [3.8, 4) is 0 Å². The molecule has 5 heteroatoms. The van der Waals surface area contributed by atoms with Crippen molar-refractivity contribution >= 4 is 23.1 Å².